The summed E-state index contributed by atoms with van der Waals surface area (Å²) in [6.07, 6.45) is 1.38. The van der Waals surface area contributed by atoms with E-state index < -0.39 is 36.8 Å². The monoisotopic (exact) mass is 647 g/mol. The molecule has 0 aliphatic carbocycles. The summed E-state index contributed by atoms with van der Waals surface area (Å²) in [4.78, 5) is 15.4. The van der Waals surface area contributed by atoms with E-state index in [0.717, 1.165) is 0 Å². The summed E-state index contributed by atoms with van der Waals surface area (Å²) in [5.41, 5.74) is -0.0787. The van der Waals surface area contributed by atoms with E-state index in [9.17, 15) is 17.8 Å². The smallest absolute Gasteiger partial charge is 0.744 e. The van der Waals surface area contributed by atoms with E-state index >= 15 is 0 Å². The van der Waals surface area contributed by atoms with Crippen molar-refractivity contribution in [1.82, 2.24) is 4.90 Å². The van der Waals surface area contributed by atoms with Crippen molar-refractivity contribution in [2.24, 2.45) is 0 Å². The summed E-state index contributed by atoms with van der Waals surface area (Å²) in [6.45, 7) is 0.822. The van der Waals surface area contributed by atoms with E-state index in [0.29, 0.717) is 25.4 Å². The Morgan fingerprint density at radius 1 is 0.545 bits per heavy atom. The maximum atomic E-state index is 14.1. The molecule has 0 saturated heterocycles. The number of carbonyl (C=O) groups excluding carboxylic acids is 1. The van der Waals surface area contributed by atoms with Gasteiger partial charge in [-0.3, -0.25) is 4.79 Å². The molecule has 5 aromatic rings. The Hall–Kier alpha value is -2.66. The van der Waals surface area contributed by atoms with Gasteiger partial charge in [-0.2, -0.15) is 0 Å². The van der Waals surface area contributed by atoms with Gasteiger partial charge in [0.2, 0.25) is 0 Å². The largest absolute Gasteiger partial charge is 1.00 e. The number of hydrogen-bond donors (Lipinski definition) is 0. The number of rotatable bonds is 12. The van der Waals surface area contributed by atoms with Crippen molar-refractivity contribution in [1.29, 1.82) is 0 Å². The van der Waals surface area contributed by atoms with Gasteiger partial charge in [-0.25, -0.2) is 8.42 Å². The van der Waals surface area contributed by atoms with Crippen molar-refractivity contribution in [2.75, 3.05) is 25.4 Å². The standard InChI is InChI=1S/C35H33NO4P2S.Na/c37-35(33-23-13-14-24-34(33)43(38,39)40)36(25-27-41(29-15-5-1-6-16-29)30-17-7-2-8-18-30)26-28-42(31-19-9-3-10-20-31)32-21-11-4-12-22-32;/h1-24H,25-28H2,(H,38,39,40);/q;+1/p-1. The fraction of sp³-hybridized carbons (Fsp3) is 0.114. The zero-order valence-corrected chi connectivity index (χ0v) is 29.2. The van der Waals surface area contributed by atoms with Gasteiger partial charge in [0.15, 0.2) is 0 Å². The van der Waals surface area contributed by atoms with Crippen molar-refractivity contribution in [3.63, 3.8) is 0 Å². The van der Waals surface area contributed by atoms with Gasteiger partial charge in [-0.1, -0.05) is 133 Å². The molecule has 0 fully saturated rings. The van der Waals surface area contributed by atoms with Crippen molar-refractivity contribution >= 4 is 53.1 Å². The van der Waals surface area contributed by atoms with Crippen LogP contribution >= 0.6 is 15.8 Å². The predicted molar refractivity (Wildman–Crippen MR) is 178 cm³/mol. The fourth-order valence-electron chi connectivity index (χ4n) is 5.03. The van der Waals surface area contributed by atoms with Crippen molar-refractivity contribution in [3.05, 3.63) is 151 Å². The van der Waals surface area contributed by atoms with Crippen molar-refractivity contribution in [2.45, 2.75) is 4.90 Å². The van der Waals surface area contributed by atoms with Gasteiger partial charge in [0.1, 0.15) is 10.1 Å². The summed E-state index contributed by atoms with van der Waals surface area (Å²) < 4.78 is 36.4. The van der Waals surface area contributed by atoms with E-state index in [2.05, 4.69) is 48.5 Å². The van der Waals surface area contributed by atoms with Gasteiger partial charge in [-0.15, -0.1) is 0 Å². The molecule has 0 aromatic heterocycles. The first-order valence-electron chi connectivity index (χ1n) is 14.0. The molecular weight excluding hydrogens is 615 g/mol. The van der Waals surface area contributed by atoms with Crippen LogP contribution in [0.4, 0.5) is 0 Å². The van der Waals surface area contributed by atoms with Crippen LogP contribution in [-0.2, 0) is 10.1 Å². The van der Waals surface area contributed by atoms with Crippen LogP contribution in [0.1, 0.15) is 10.4 Å². The normalized spacial score (nSPS) is 11.2. The maximum absolute atomic E-state index is 14.1. The second-order valence-corrected chi connectivity index (χ2v) is 15.9. The third-order valence-electron chi connectivity index (χ3n) is 7.13. The first kappa shape index (κ1) is 34.2. The van der Waals surface area contributed by atoms with Gasteiger partial charge in [0, 0.05) is 13.1 Å². The zero-order valence-electron chi connectivity index (χ0n) is 24.6. The van der Waals surface area contributed by atoms with Crippen LogP contribution < -0.4 is 50.8 Å². The molecule has 44 heavy (non-hydrogen) atoms. The van der Waals surface area contributed by atoms with Gasteiger partial charge in [-0.05, 0) is 61.5 Å². The molecule has 218 valence electrons. The Morgan fingerprint density at radius 3 is 1.20 bits per heavy atom. The first-order chi connectivity index (χ1) is 20.9. The molecule has 0 bridgehead atoms. The third-order valence-corrected chi connectivity index (χ3v) is 13.0. The number of hydrogen-bond acceptors (Lipinski definition) is 4. The van der Waals surface area contributed by atoms with E-state index in [1.165, 1.54) is 39.4 Å². The Kier molecular flexibility index (Phi) is 12.9. The SMILES string of the molecule is O=C(c1ccccc1S(=O)(=O)[O-])N(CCP(c1ccccc1)c1ccccc1)CCP(c1ccccc1)c1ccccc1.[Na+]. The van der Waals surface area contributed by atoms with Crippen LogP contribution in [0, 0.1) is 0 Å². The molecule has 0 unspecified atom stereocenters. The molecule has 0 aliphatic heterocycles. The molecule has 5 rings (SSSR count). The van der Waals surface area contributed by atoms with Gasteiger partial charge < -0.3 is 9.45 Å². The molecule has 5 nitrogen and oxygen atoms in total. The second-order valence-electron chi connectivity index (χ2n) is 9.89. The fourth-order valence-corrected chi connectivity index (χ4v) is 10.3. The average molecular weight is 648 g/mol. The number of amides is 1. The molecule has 0 heterocycles. The quantitative estimate of drug-likeness (QED) is 0.118. The van der Waals surface area contributed by atoms with E-state index in [4.69, 9.17) is 0 Å². The van der Waals surface area contributed by atoms with Crippen LogP contribution in [0.15, 0.2) is 150 Å². The van der Waals surface area contributed by atoms with E-state index in [1.807, 2.05) is 72.8 Å². The number of nitrogens with zero attached hydrogens (tertiary/aromatic N) is 1. The molecule has 0 N–H and O–H groups in total. The van der Waals surface area contributed by atoms with E-state index in [1.54, 1.807) is 11.0 Å². The molecule has 9 heteroatoms. The molecule has 0 aliphatic rings. The second kappa shape index (κ2) is 16.6. The molecular formula is C35H32NNaO4P2S. The third kappa shape index (κ3) is 8.96. The summed E-state index contributed by atoms with van der Waals surface area (Å²) in [5.74, 6) is -0.442. The van der Waals surface area contributed by atoms with Crippen LogP contribution in [0.25, 0.3) is 0 Å². The Labute approximate surface area is 284 Å². The minimum atomic E-state index is -4.84. The minimum absolute atomic E-state index is 0. The topological polar surface area (TPSA) is 77.5 Å². The number of benzene rings is 5. The van der Waals surface area contributed by atoms with E-state index in [-0.39, 0.29) is 35.1 Å². The molecule has 1 amide bonds. The average Bonchev–Trinajstić information content (AvgIpc) is 3.05. The molecule has 0 atom stereocenters. The Balaban J connectivity index is 0.00000442. The van der Waals surface area contributed by atoms with Crippen LogP contribution in [0.5, 0.6) is 0 Å². The van der Waals surface area contributed by atoms with Crippen molar-refractivity contribution in [3.8, 4) is 0 Å². The van der Waals surface area contributed by atoms with Crippen LogP contribution in [-0.4, -0.2) is 49.2 Å². The Bertz CT molecular complexity index is 1560. The summed E-state index contributed by atoms with van der Waals surface area (Å²) >= 11 is 0. The summed E-state index contributed by atoms with van der Waals surface area (Å²) in [6, 6.07) is 46.9. The summed E-state index contributed by atoms with van der Waals surface area (Å²) in [5, 5.41) is 4.81. The van der Waals surface area contributed by atoms with Gasteiger partial charge in [0.25, 0.3) is 5.91 Å². The van der Waals surface area contributed by atoms with Crippen molar-refractivity contribution < 1.29 is 47.3 Å². The predicted octanol–water partition coefficient (Wildman–Crippen LogP) is 2.30. The Morgan fingerprint density at radius 2 is 0.864 bits per heavy atom. The zero-order chi connectivity index (χ0) is 30.1. The number of carbonyl (C=O) groups is 1. The summed E-state index contributed by atoms with van der Waals surface area (Å²) in [7, 11) is -6.42. The molecule has 0 spiro atoms. The molecule has 0 radical (unpaired) electrons. The van der Waals surface area contributed by atoms with Gasteiger partial charge >= 0.3 is 29.6 Å². The van der Waals surface area contributed by atoms with Crippen LogP contribution in [0.2, 0.25) is 0 Å². The minimum Gasteiger partial charge on any atom is -0.744 e. The maximum Gasteiger partial charge on any atom is 1.00 e. The molecule has 5 aromatic carbocycles. The van der Waals surface area contributed by atoms with Crippen LogP contribution in [0.3, 0.4) is 0 Å². The van der Waals surface area contributed by atoms with Gasteiger partial charge in [0.05, 0.1) is 10.5 Å². The first-order valence-corrected chi connectivity index (χ1v) is 18.5. The molecule has 0 saturated carbocycles.